The molecule has 0 radical (unpaired) electrons. The second-order valence-corrected chi connectivity index (χ2v) is 19.5. The molecule has 0 fully saturated rings. The normalized spacial score (nSPS) is 12.8. The summed E-state index contributed by atoms with van der Waals surface area (Å²) in [6.45, 7) is 14.4. The van der Waals surface area contributed by atoms with E-state index >= 15 is 0 Å². The number of aryl methyl sites for hydroxylation is 2. The maximum absolute atomic E-state index is 14.4. The highest BCUT2D eigenvalue weighted by atomic mass is 16.5. The van der Waals surface area contributed by atoms with Crippen LogP contribution in [-0.2, 0) is 70.7 Å². The van der Waals surface area contributed by atoms with Crippen molar-refractivity contribution in [1.82, 2.24) is 77.8 Å². The number of unbranched alkanes of at least 4 members (excludes halogenated alkanes) is 2. The minimum atomic E-state index is -1.52. The molecule has 15 N–H and O–H groups in total. The van der Waals surface area contributed by atoms with Gasteiger partial charge in [0.2, 0.25) is 41.4 Å². The number of amides is 7. The lowest BCUT2D eigenvalue weighted by Crippen LogP contribution is -2.59. The number of carbonyl (C=O) groups excluding carboxylic acids is 7. The molecule has 0 saturated carbocycles. The van der Waals surface area contributed by atoms with Gasteiger partial charge in [-0.05, 0) is 43.6 Å². The van der Waals surface area contributed by atoms with Crippen LogP contribution in [0.3, 0.4) is 0 Å². The van der Waals surface area contributed by atoms with Gasteiger partial charge in [-0.15, -0.1) is 10.2 Å². The van der Waals surface area contributed by atoms with Crippen LogP contribution in [0.4, 0.5) is 0 Å². The third-order valence-corrected chi connectivity index (χ3v) is 12.0. The predicted octanol–water partition coefficient (Wildman–Crippen LogP) is -2.54. The van der Waals surface area contributed by atoms with Crippen molar-refractivity contribution in [3.8, 4) is 0 Å². The van der Waals surface area contributed by atoms with Crippen molar-refractivity contribution < 1.29 is 49.8 Å². The minimum Gasteiger partial charge on any atom is -0.378 e. The maximum atomic E-state index is 14.4. The highest BCUT2D eigenvalue weighted by Crippen LogP contribution is 2.11. The fourth-order valence-corrected chi connectivity index (χ4v) is 7.92. The molecule has 2 heterocycles. The Hall–Kier alpha value is -6.41. The zero-order valence-electron chi connectivity index (χ0n) is 46.2. The molecule has 1 aromatic carbocycles. The number of hydrogen-bond donors (Lipinski definition) is 11. The average molecular weight is 1080 g/mol. The molecule has 25 nitrogen and oxygen atoms in total. The molecule has 2 aromatic heterocycles. The first-order valence-electron chi connectivity index (χ1n) is 27.7. The van der Waals surface area contributed by atoms with Crippen molar-refractivity contribution >= 4 is 41.4 Å². The Kier molecular flexibility index (Phi) is 32.9. The smallest absolute Gasteiger partial charge is 0.243 e. The Morgan fingerprint density at radius 3 is 1.71 bits per heavy atom. The molecule has 0 spiro atoms. The molecule has 77 heavy (non-hydrogen) atoms. The van der Waals surface area contributed by atoms with Crippen molar-refractivity contribution in [3.05, 3.63) is 59.7 Å². The first kappa shape index (κ1) is 64.9. The van der Waals surface area contributed by atoms with Crippen LogP contribution < -0.4 is 59.3 Å². The fraction of sp³-hybridized carbons (Fsp3) is 0.673. The number of hydrogen-bond acceptors (Lipinski definition) is 14. The van der Waals surface area contributed by atoms with E-state index in [1.807, 2.05) is 63.5 Å². The van der Waals surface area contributed by atoms with Crippen molar-refractivity contribution in [2.24, 2.45) is 5.92 Å². The summed E-state index contributed by atoms with van der Waals surface area (Å²) in [5.74, 6) is -4.44. The monoisotopic (exact) mass is 1080 g/mol. The molecule has 0 bridgehead atoms. The Morgan fingerprint density at radius 1 is 0.558 bits per heavy atom. The van der Waals surface area contributed by atoms with E-state index in [0.717, 1.165) is 49.9 Å². The number of aromatic nitrogens is 6. The first-order chi connectivity index (χ1) is 37.2. The molecule has 4 atom stereocenters. The van der Waals surface area contributed by atoms with Crippen molar-refractivity contribution in [1.29, 1.82) is 0 Å². The molecule has 0 unspecified atom stereocenters. The SMILES string of the molecule is CCCCCNC(=O)[C@H](CC(=O)NCCNCC[NH3+])NC(=O)[C@@H](CC(=O)NCCNCCC[NH3+])NC(=O)[C@H](CC(C)C)NC(=O)[C@@H](Cc1ccccc1)NC(=O)CCCc1cn(CCOCCn2cc(CCC)nn2)nn1. The van der Waals surface area contributed by atoms with Crippen LogP contribution >= 0.6 is 0 Å². The molecular weight excluding hydrogens is 991 g/mol. The van der Waals surface area contributed by atoms with E-state index in [4.69, 9.17) is 4.74 Å². The number of quaternary nitrogens is 2. The van der Waals surface area contributed by atoms with E-state index in [-0.39, 0.29) is 44.2 Å². The second kappa shape index (κ2) is 39.0. The Balaban J connectivity index is 1.72. The van der Waals surface area contributed by atoms with Crippen LogP contribution in [0.5, 0.6) is 0 Å². The molecule has 3 aromatic rings. The van der Waals surface area contributed by atoms with Gasteiger partial charge < -0.3 is 64.1 Å². The number of rotatable bonds is 43. The van der Waals surface area contributed by atoms with Gasteiger partial charge in [0, 0.05) is 77.5 Å². The summed E-state index contributed by atoms with van der Waals surface area (Å²) in [6.07, 6.45) is 9.21. The number of nitrogens with one attached hydrogen (secondary N) is 9. The topological polar surface area (TPSA) is 354 Å². The number of benzene rings is 1. The summed E-state index contributed by atoms with van der Waals surface area (Å²) in [5, 5.41) is 42.4. The third-order valence-electron chi connectivity index (χ3n) is 12.0. The predicted molar refractivity (Wildman–Crippen MR) is 289 cm³/mol. The number of ether oxygens (including phenoxy) is 1. The van der Waals surface area contributed by atoms with E-state index < -0.39 is 72.5 Å². The van der Waals surface area contributed by atoms with Gasteiger partial charge in [0.15, 0.2) is 0 Å². The largest absolute Gasteiger partial charge is 0.378 e. The standard InChI is InChI=1S/C52H89N17O8/c1-5-7-11-22-59-49(73)44(34-47(71)58-27-25-56-23-20-54)62-52(76)45(35-48(72)57-26-24-55-21-13-19-53)63-50(74)42(32-38(3)4)61-51(75)43(33-39-15-9-8-10-16-39)60-46(70)18-12-17-41-37-69(67-65-41)29-31-77-30-28-68-36-40(14-6-2)64-66-68/h8-10,15-16,36-38,42-45,55-56H,5-7,11-14,17-35,53-54H2,1-4H3,(H,57,72)(H,58,71)(H,59,73)(H,60,70)(H,61,75)(H,62,76)(H,63,74)/p+2/t42-,43+,44-,45+/m0/s1. The molecule has 7 amide bonds. The second-order valence-electron chi connectivity index (χ2n) is 19.5. The van der Waals surface area contributed by atoms with Crippen molar-refractivity contribution in [3.63, 3.8) is 0 Å². The lowest BCUT2D eigenvalue weighted by Gasteiger charge is -2.27. The van der Waals surface area contributed by atoms with Gasteiger partial charge in [-0.1, -0.05) is 87.7 Å². The van der Waals surface area contributed by atoms with Gasteiger partial charge in [0.1, 0.15) is 24.2 Å². The molecule has 0 aliphatic rings. The zero-order chi connectivity index (χ0) is 56.0. The van der Waals surface area contributed by atoms with Gasteiger partial charge in [-0.25, -0.2) is 9.36 Å². The zero-order valence-corrected chi connectivity index (χ0v) is 46.2. The molecule has 25 heteroatoms. The summed E-state index contributed by atoms with van der Waals surface area (Å²) >= 11 is 0. The van der Waals surface area contributed by atoms with Gasteiger partial charge >= 0.3 is 0 Å². The lowest BCUT2D eigenvalue weighted by atomic mass is 10.00. The fourth-order valence-electron chi connectivity index (χ4n) is 7.92. The summed E-state index contributed by atoms with van der Waals surface area (Å²) in [6, 6.07) is 3.97. The van der Waals surface area contributed by atoms with Crippen LogP contribution in [-0.4, -0.2) is 168 Å². The highest BCUT2D eigenvalue weighted by Gasteiger charge is 2.33. The molecule has 3 rings (SSSR count). The van der Waals surface area contributed by atoms with Crippen LogP contribution in [0.15, 0.2) is 42.7 Å². The molecule has 430 valence electrons. The first-order valence-corrected chi connectivity index (χ1v) is 27.7. The van der Waals surface area contributed by atoms with Crippen LogP contribution in [0.2, 0.25) is 0 Å². The molecule has 0 aliphatic carbocycles. The average Bonchev–Trinajstić information content (AvgIpc) is 4.07. The van der Waals surface area contributed by atoms with Crippen molar-refractivity contribution in [2.75, 3.05) is 72.1 Å². The quantitative estimate of drug-likeness (QED) is 0.0261. The summed E-state index contributed by atoms with van der Waals surface area (Å²) in [4.78, 5) is 96.6. The van der Waals surface area contributed by atoms with E-state index in [1.54, 1.807) is 9.36 Å². The summed E-state index contributed by atoms with van der Waals surface area (Å²) < 4.78 is 9.22. The van der Waals surface area contributed by atoms with Crippen LogP contribution in [0.1, 0.15) is 109 Å². The van der Waals surface area contributed by atoms with Gasteiger partial charge in [0.05, 0.1) is 63.6 Å². The number of nitrogens with zero attached hydrogens (tertiary/aromatic N) is 6. The van der Waals surface area contributed by atoms with Crippen LogP contribution in [0, 0.1) is 5.92 Å². The minimum absolute atomic E-state index is 0.0747. The van der Waals surface area contributed by atoms with E-state index in [2.05, 4.69) is 86.9 Å². The van der Waals surface area contributed by atoms with Gasteiger partial charge in [-0.3, -0.25) is 33.6 Å². The summed E-state index contributed by atoms with van der Waals surface area (Å²) in [7, 11) is 0. The van der Waals surface area contributed by atoms with Crippen molar-refractivity contribution in [2.45, 2.75) is 148 Å². The van der Waals surface area contributed by atoms with E-state index in [1.165, 1.54) is 0 Å². The van der Waals surface area contributed by atoms with Gasteiger partial charge in [0.25, 0.3) is 0 Å². The molecular formula is C52H91N17O8+2. The van der Waals surface area contributed by atoms with E-state index in [0.29, 0.717) is 90.5 Å². The Morgan fingerprint density at radius 2 is 1.13 bits per heavy atom. The highest BCUT2D eigenvalue weighted by molar-refractivity contribution is 5.98. The number of carbonyl (C=O) groups is 7. The van der Waals surface area contributed by atoms with E-state index in [9.17, 15) is 33.6 Å². The summed E-state index contributed by atoms with van der Waals surface area (Å²) in [5.41, 5.74) is 10.0. The lowest BCUT2D eigenvalue weighted by molar-refractivity contribution is -0.368. The third kappa shape index (κ3) is 28.5. The molecule has 0 saturated heterocycles. The molecule has 0 aliphatic heterocycles. The Labute approximate surface area is 453 Å². The Bertz CT molecular complexity index is 2170. The maximum Gasteiger partial charge on any atom is 0.243 e. The van der Waals surface area contributed by atoms with Gasteiger partial charge in [-0.2, -0.15) is 0 Å². The van der Waals surface area contributed by atoms with Crippen LogP contribution in [0.25, 0.3) is 0 Å².